The number of para-hydroxylation sites is 1. The van der Waals surface area contributed by atoms with E-state index in [0.717, 1.165) is 38.7 Å². The van der Waals surface area contributed by atoms with Gasteiger partial charge in [0.05, 0.1) is 5.52 Å². The highest BCUT2D eigenvalue weighted by atomic mass is 15.0. The molecule has 2 heterocycles. The molecule has 0 unspecified atom stereocenters. The Morgan fingerprint density at radius 3 is 1.97 bits per heavy atom. The average Bonchev–Trinajstić information content (AvgIpc) is 2.93. The topological polar surface area (TPSA) is 51.6 Å². The van der Waals surface area contributed by atoms with E-state index in [0.29, 0.717) is 17.5 Å². The van der Waals surface area contributed by atoms with Crippen LogP contribution in [0.25, 0.3) is 55.9 Å². The first-order valence-corrected chi connectivity index (χ1v) is 11.6. The average molecular weight is 451 g/mol. The van der Waals surface area contributed by atoms with Crippen molar-refractivity contribution in [2.45, 2.75) is 6.92 Å². The van der Waals surface area contributed by atoms with Crippen LogP contribution in [0.15, 0.2) is 115 Å². The lowest BCUT2D eigenvalue weighted by molar-refractivity contribution is 0.992. The van der Waals surface area contributed by atoms with Crippen LogP contribution in [-0.2, 0) is 0 Å². The molecule has 166 valence electrons. The Bertz CT molecular complexity index is 1640. The summed E-state index contributed by atoms with van der Waals surface area (Å²) in [6.45, 7) is 1.91. The van der Waals surface area contributed by atoms with E-state index < -0.39 is 0 Å². The Hall–Kier alpha value is -4.70. The number of pyridine rings is 1. The lowest BCUT2D eigenvalue weighted by Gasteiger charge is -2.09. The van der Waals surface area contributed by atoms with Crippen LogP contribution in [-0.4, -0.2) is 19.9 Å². The molecule has 2 aromatic heterocycles. The number of benzene rings is 4. The molecule has 0 saturated carbocycles. The van der Waals surface area contributed by atoms with Crippen LogP contribution in [0.3, 0.4) is 0 Å². The van der Waals surface area contributed by atoms with Crippen LogP contribution in [0, 0.1) is 6.92 Å². The molecule has 4 aromatic carbocycles. The summed E-state index contributed by atoms with van der Waals surface area (Å²) in [6, 6.07) is 37.3. The van der Waals surface area contributed by atoms with E-state index in [9.17, 15) is 0 Å². The zero-order valence-corrected chi connectivity index (χ0v) is 19.3. The summed E-state index contributed by atoms with van der Waals surface area (Å²) in [5.74, 6) is 2.03. The van der Waals surface area contributed by atoms with Gasteiger partial charge in [0, 0.05) is 28.3 Å². The van der Waals surface area contributed by atoms with Crippen molar-refractivity contribution in [2.24, 2.45) is 0 Å². The largest absolute Gasteiger partial charge is 0.256 e. The summed E-state index contributed by atoms with van der Waals surface area (Å²) in [5, 5.41) is 1.13. The molecule has 0 spiro atoms. The molecule has 0 amide bonds. The van der Waals surface area contributed by atoms with E-state index in [1.54, 1.807) is 0 Å². The molecule has 0 radical (unpaired) electrons. The Balaban J connectivity index is 1.36. The second-order valence-electron chi connectivity index (χ2n) is 8.43. The van der Waals surface area contributed by atoms with Gasteiger partial charge < -0.3 is 0 Å². The molecular formula is C31H22N4. The van der Waals surface area contributed by atoms with Gasteiger partial charge in [0.2, 0.25) is 0 Å². The number of hydrogen-bond acceptors (Lipinski definition) is 4. The molecule has 0 bridgehead atoms. The molecule has 0 N–H and O–H groups in total. The van der Waals surface area contributed by atoms with Gasteiger partial charge in [-0.25, -0.2) is 15.0 Å². The lowest BCUT2D eigenvalue weighted by atomic mass is 10.0. The number of fused-ring (bicyclic) bond motifs is 1. The minimum absolute atomic E-state index is 0.667. The number of rotatable bonds is 4. The van der Waals surface area contributed by atoms with Gasteiger partial charge in [0.1, 0.15) is 5.82 Å². The number of aromatic nitrogens is 4. The van der Waals surface area contributed by atoms with Gasteiger partial charge in [-0.2, -0.15) is 0 Å². The Labute approximate surface area is 204 Å². The summed E-state index contributed by atoms with van der Waals surface area (Å²) < 4.78 is 0. The SMILES string of the molecule is Cc1nc(-c2ccc(-c3cccc4cccnc34)cc2)nc(-c2cccc(-c3ccccc3)c2)n1. The van der Waals surface area contributed by atoms with Gasteiger partial charge in [0.15, 0.2) is 11.6 Å². The van der Waals surface area contributed by atoms with Crippen molar-refractivity contribution in [2.75, 3.05) is 0 Å². The van der Waals surface area contributed by atoms with E-state index in [1.165, 1.54) is 5.56 Å². The van der Waals surface area contributed by atoms with Crippen LogP contribution < -0.4 is 0 Å². The van der Waals surface area contributed by atoms with Crippen LogP contribution >= 0.6 is 0 Å². The normalized spacial score (nSPS) is 11.0. The fourth-order valence-electron chi connectivity index (χ4n) is 4.34. The maximum atomic E-state index is 4.83. The zero-order chi connectivity index (χ0) is 23.6. The molecule has 4 nitrogen and oxygen atoms in total. The minimum Gasteiger partial charge on any atom is -0.256 e. The van der Waals surface area contributed by atoms with Crippen LogP contribution in [0.1, 0.15) is 5.82 Å². The summed E-state index contributed by atoms with van der Waals surface area (Å²) in [6.07, 6.45) is 1.84. The fraction of sp³-hybridized carbons (Fsp3) is 0.0323. The molecule has 35 heavy (non-hydrogen) atoms. The molecule has 4 heteroatoms. The first-order valence-electron chi connectivity index (χ1n) is 11.6. The van der Waals surface area contributed by atoms with Crippen molar-refractivity contribution in [1.29, 1.82) is 0 Å². The minimum atomic E-state index is 0.667. The number of nitrogens with zero attached hydrogens (tertiary/aromatic N) is 4. The lowest BCUT2D eigenvalue weighted by Crippen LogP contribution is -1.99. The smallest absolute Gasteiger partial charge is 0.163 e. The molecule has 0 aliphatic heterocycles. The Morgan fingerprint density at radius 1 is 0.486 bits per heavy atom. The summed E-state index contributed by atoms with van der Waals surface area (Å²) in [4.78, 5) is 18.7. The van der Waals surface area contributed by atoms with Crippen LogP contribution in [0.5, 0.6) is 0 Å². The quantitative estimate of drug-likeness (QED) is 0.281. The monoisotopic (exact) mass is 450 g/mol. The van der Waals surface area contributed by atoms with Gasteiger partial charge in [-0.05, 0) is 35.7 Å². The molecular weight excluding hydrogens is 428 g/mol. The first-order chi connectivity index (χ1) is 17.2. The molecule has 0 aliphatic rings. The van der Waals surface area contributed by atoms with E-state index in [4.69, 9.17) is 4.98 Å². The van der Waals surface area contributed by atoms with E-state index >= 15 is 0 Å². The van der Waals surface area contributed by atoms with E-state index in [2.05, 4.69) is 87.7 Å². The summed E-state index contributed by atoms with van der Waals surface area (Å²) in [5.41, 5.74) is 7.44. The third-order valence-corrected chi connectivity index (χ3v) is 6.06. The maximum Gasteiger partial charge on any atom is 0.163 e. The zero-order valence-electron chi connectivity index (χ0n) is 19.3. The standard InChI is InChI=1S/C31H22N4/c1-21-33-30(35-31(34-21)27-12-5-11-26(20-27)22-8-3-2-4-9-22)25-17-15-23(16-18-25)28-14-6-10-24-13-7-19-32-29(24)28/h2-20H,1H3. The molecule has 0 fully saturated rings. The number of aryl methyl sites for hydroxylation is 1. The second kappa shape index (κ2) is 8.92. The predicted octanol–water partition coefficient (Wildman–Crippen LogP) is 7.40. The summed E-state index contributed by atoms with van der Waals surface area (Å²) in [7, 11) is 0. The van der Waals surface area contributed by atoms with Crippen LogP contribution in [0.2, 0.25) is 0 Å². The van der Waals surface area contributed by atoms with Crippen LogP contribution in [0.4, 0.5) is 0 Å². The number of hydrogen-bond donors (Lipinski definition) is 0. The third kappa shape index (κ3) is 4.18. The van der Waals surface area contributed by atoms with Gasteiger partial charge in [-0.15, -0.1) is 0 Å². The van der Waals surface area contributed by atoms with E-state index in [-0.39, 0.29) is 0 Å². The van der Waals surface area contributed by atoms with Gasteiger partial charge in [-0.1, -0.05) is 97.1 Å². The molecule has 0 atom stereocenters. The predicted molar refractivity (Wildman–Crippen MR) is 142 cm³/mol. The highest BCUT2D eigenvalue weighted by molar-refractivity contribution is 5.93. The van der Waals surface area contributed by atoms with Crippen molar-refractivity contribution >= 4 is 10.9 Å². The first kappa shape index (κ1) is 20.9. The van der Waals surface area contributed by atoms with E-state index in [1.807, 2.05) is 49.5 Å². The van der Waals surface area contributed by atoms with Gasteiger partial charge >= 0.3 is 0 Å². The maximum absolute atomic E-state index is 4.83. The highest BCUT2D eigenvalue weighted by Gasteiger charge is 2.11. The van der Waals surface area contributed by atoms with Crippen molar-refractivity contribution in [3.8, 4) is 45.0 Å². The van der Waals surface area contributed by atoms with Gasteiger partial charge in [0.25, 0.3) is 0 Å². The summed E-state index contributed by atoms with van der Waals surface area (Å²) >= 11 is 0. The fourth-order valence-corrected chi connectivity index (χ4v) is 4.34. The third-order valence-electron chi connectivity index (χ3n) is 6.06. The van der Waals surface area contributed by atoms with Crippen molar-refractivity contribution in [3.63, 3.8) is 0 Å². The van der Waals surface area contributed by atoms with Gasteiger partial charge in [-0.3, -0.25) is 4.98 Å². The Kier molecular flexibility index (Phi) is 5.32. The second-order valence-corrected chi connectivity index (χ2v) is 8.43. The Morgan fingerprint density at radius 2 is 1.14 bits per heavy atom. The highest BCUT2D eigenvalue weighted by Crippen LogP contribution is 2.30. The molecule has 6 aromatic rings. The van der Waals surface area contributed by atoms with Crippen molar-refractivity contribution < 1.29 is 0 Å². The molecule has 6 rings (SSSR count). The van der Waals surface area contributed by atoms with Crippen molar-refractivity contribution in [3.05, 3.63) is 121 Å². The molecule has 0 aliphatic carbocycles. The van der Waals surface area contributed by atoms with Crippen molar-refractivity contribution in [1.82, 2.24) is 19.9 Å². The molecule has 0 saturated heterocycles.